The molecule has 3 heterocycles. The molecule has 0 aliphatic carbocycles. The lowest BCUT2D eigenvalue weighted by Gasteiger charge is -1.98. The Morgan fingerprint density at radius 3 is 2.93 bits per heavy atom. The molecule has 3 rings (SSSR count). The Hall–Kier alpha value is -2.17. The summed E-state index contributed by atoms with van der Waals surface area (Å²) in [6.45, 7) is 1.96. The average molecular weight is 199 g/mol. The minimum absolute atomic E-state index is 0.818. The van der Waals surface area contributed by atoms with Gasteiger partial charge in [0.15, 0.2) is 5.65 Å². The zero-order chi connectivity index (χ0) is 10.3. The zero-order valence-electron chi connectivity index (χ0n) is 8.20. The van der Waals surface area contributed by atoms with Crippen molar-refractivity contribution >= 4 is 5.65 Å². The third-order valence-corrected chi connectivity index (χ3v) is 2.24. The van der Waals surface area contributed by atoms with E-state index < -0.39 is 0 Å². The van der Waals surface area contributed by atoms with Crippen LogP contribution in [0.1, 0.15) is 5.69 Å². The molecule has 0 radical (unpaired) electrons. The lowest BCUT2D eigenvalue weighted by molar-refractivity contribution is 0.883. The van der Waals surface area contributed by atoms with Crippen LogP contribution in [0.5, 0.6) is 0 Å². The summed E-state index contributed by atoms with van der Waals surface area (Å²) in [6.07, 6.45) is 7.26. The minimum Gasteiger partial charge on any atom is -0.235 e. The fourth-order valence-electron chi connectivity index (χ4n) is 1.52. The van der Waals surface area contributed by atoms with Crippen LogP contribution in [0.25, 0.3) is 11.3 Å². The van der Waals surface area contributed by atoms with E-state index in [2.05, 4.69) is 15.2 Å². The number of rotatable bonds is 1. The Kier molecular flexibility index (Phi) is 1.58. The van der Waals surface area contributed by atoms with Gasteiger partial charge in [0.05, 0.1) is 6.20 Å². The Labute approximate surface area is 86.0 Å². The second kappa shape index (κ2) is 2.91. The summed E-state index contributed by atoms with van der Waals surface area (Å²) in [6, 6.07) is 3.80. The van der Waals surface area contributed by atoms with Crippen LogP contribution in [-0.2, 0) is 0 Å². The maximum Gasteiger partial charge on any atom is 0.181 e. The van der Waals surface area contributed by atoms with Gasteiger partial charge in [-0.1, -0.05) is 0 Å². The number of nitrogens with zero attached hydrogens (tertiary/aromatic N) is 5. The SMILES string of the molecule is Cc1ccn2ncc(-n3cccn3)c2n1. The normalized spacial score (nSPS) is 11.0. The molecule has 0 spiro atoms. The van der Waals surface area contributed by atoms with E-state index in [1.807, 2.05) is 31.5 Å². The zero-order valence-corrected chi connectivity index (χ0v) is 8.20. The smallest absolute Gasteiger partial charge is 0.181 e. The van der Waals surface area contributed by atoms with Gasteiger partial charge >= 0.3 is 0 Å². The number of aryl methyl sites for hydroxylation is 1. The number of hydrogen-bond donors (Lipinski definition) is 0. The van der Waals surface area contributed by atoms with Crippen LogP contribution in [0, 0.1) is 6.92 Å². The highest BCUT2D eigenvalue weighted by molar-refractivity contribution is 5.57. The first kappa shape index (κ1) is 8.16. The summed E-state index contributed by atoms with van der Waals surface area (Å²) in [5, 5.41) is 8.37. The Bertz CT molecular complexity index is 593. The van der Waals surface area contributed by atoms with Crippen LogP contribution in [-0.4, -0.2) is 24.4 Å². The van der Waals surface area contributed by atoms with Crippen molar-refractivity contribution in [3.63, 3.8) is 0 Å². The van der Waals surface area contributed by atoms with Crippen LogP contribution in [0.3, 0.4) is 0 Å². The van der Waals surface area contributed by atoms with Crippen molar-refractivity contribution in [1.82, 2.24) is 24.4 Å². The molecule has 0 atom stereocenters. The lowest BCUT2D eigenvalue weighted by Crippen LogP contribution is -1.96. The maximum atomic E-state index is 4.43. The highest BCUT2D eigenvalue weighted by Gasteiger charge is 2.06. The summed E-state index contributed by atoms with van der Waals surface area (Å²) in [5.74, 6) is 0. The Morgan fingerprint density at radius 2 is 2.13 bits per heavy atom. The molecular weight excluding hydrogens is 190 g/mol. The highest BCUT2D eigenvalue weighted by Crippen LogP contribution is 2.12. The first-order valence-electron chi connectivity index (χ1n) is 4.65. The van der Waals surface area contributed by atoms with Gasteiger partial charge in [-0.15, -0.1) is 0 Å². The summed E-state index contributed by atoms with van der Waals surface area (Å²) >= 11 is 0. The van der Waals surface area contributed by atoms with Crippen molar-refractivity contribution in [3.05, 3.63) is 42.6 Å². The van der Waals surface area contributed by atoms with Crippen LogP contribution in [0.2, 0.25) is 0 Å². The van der Waals surface area contributed by atoms with Gasteiger partial charge < -0.3 is 0 Å². The van der Waals surface area contributed by atoms with Gasteiger partial charge in [-0.3, -0.25) is 0 Å². The molecule has 3 aromatic heterocycles. The van der Waals surface area contributed by atoms with Crippen molar-refractivity contribution in [2.45, 2.75) is 6.92 Å². The molecule has 74 valence electrons. The average Bonchev–Trinajstić information content (AvgIpc) is 2.83. The quantitative estimate of drug-likeness (QED) is 0.592. The molecular formula is C10H9N5. The summed E-state index contributed by atoms with van der Waals surface area (Å²) in [4.78, 5) is 4.43. The molecule has 0 bridgehead atoms. The largest absolute Gasteiger partial charge is 0.235 e. The molecule has 0 aliphatic heterocycles. The number of hydrogen-bond acceptors (Lipinski definition) is 3. The van der Waals surface area contributed by atoms with Gasteiger partial charge in [0.25, 0.3) is 0 Å². The predicted octanol–water partition coefficient (Wildman–Crippen LogP) is 1.22. The molecule has 0 N–H and O–H groups in total. The predicted molar refractivity (Wildman–Crippen MR) is 54.8 cm³/mol. The third kappa shape index (κ3) is 1.20. The van der Waals surface area contributed by atoms with Crippen LogP contribution in [0.15, 0.2) is 36.9 Å². The van der Waals surface area contributed by atoms with E-state index in [1.54, 1.807) is 21.6 Å². The van der Waals surface area contributed by atoms with Gasteiger partial charge in [0.1, 0.15) is 5.69 Å². The molecule has 0 aliphatic rings. The number of aromatic nitrogens is 5. The van der Waals surface area contributed by atoms with Crippen molar-refractivity contribution in [1.29, 1.82) is 0 Å². The molecule has 15 heavy (non-hydrogen) atoms. The van der Waals surface area contributed by atoms with E-state index in [0.29, 0.717) is 0 Å². The minimum atomic E-state index is 0.818. The van der Waals surface area contributed by atoms with E-state index >= 15 is 0 Å². The molecule has 0 saturated carbocycles. The van der Waals surface area contributed by atoms with E-state index in [1.165, 1.54) is 0 Å². The first-order valence-corrected chi connectivity index (χ1v) is 4.65. The molecule has 0 aromatic carbocycles. The molecule has 0 fully saturated rings. The fraction of sp³-hybridized carbons (Fsp3) is 0.100. The van der Waals surface area contributed by atoms with E-state index in [4.69, 9.17) is 0 Å². The van der Waals surface area contributed by atoms with Gasteiger partial charge in [-0.05, 0) is 19.1 Å². The highest BCUT2D eigenvalue weighted by atomic mass is 15.3. The lowest BCUT2D eigenvalue weighted by atomic mass is 10.4. The summed E-state index contributed by atoms with van der Waals surface area (Å²) in [5.41, 5.74) is 2.68. The monoisotopic (exact) mass is 199 g/mol. The van der Waals surface area contributed by atoms with Crippen molar-refractivity contribution in [2.75, 3.05) is 0 Å². The molecule has 3 aromatic rings. The molecule has 5 nitrogen and oxygen atoms in total. The van der Waals surface area contributed by atoms with Crippen LogP contribution >= 0.6 is 0 Å². The van der Waals surface area contributed by atoms with Gasteiger partial charge in [-0.25, -0.2) is 14.2 Å². The van der Waals surface area contributed by atoms with E-state index in [-0.39, 0.29) is 0 Å². The van der Waals surface area contributed by atoms with Crippen LogP contribution < -0.4 is 0 Å². The first-order chi connectivity index (χ1) is 7.34. The van der Waals surface area contributed by atoms with Crippen LogP contribution in [0.4, 0.5) is 0 Å². The van der Waals surface area contributed by atoms with Crippen molar-refractivity contribution < 1.29 is 0 Å². The second-order valence-corrected chi connectivity index (χ2v) is 3.32. The Morgan fingerprint density at radius 1 is 1.20 bits per heavy atom. The van der Waals surface area contributed by atoms with Gasteiger partial charge in [-0.2, -0.15) is 10.2 Å². The van der Waals surface area contributed by atoms with E-state index in [0.717, 1.165) is 17.0 Å². The van der Waals surface area contributed by atoms with Gasteiger partial charge in [0, 0.05) is 24.3 Å². The maximum absolute atomic E-state index is 4.43. The molecule has 0 saturated heterocycles. The third-order valence-electron chi connectivity index (χ3n) is 2.24. The standard InChI is InChI=1S/C10H9N5/c1-8-3-6-15-10(13-8)9(7-12-15)14-5-2-4-11-14/h2-7H,1H3. The topological polar surface area (TPSA) is 48.0 Å². The molecule has 5 heteroatoms. The number of fused-ring (bicyclic) bond motifs is 1. The van der Waals surface area contributed by atoms with Gasteiger partial charge in [0.2, 0.25) is 0 Å². The van der Waals surface area contributed by atoms with E-state index in [9.17, 15) is 0 Å². The Balaban J connectivity index is 2.32. The second-order valence-electron chi connectivity index (χ2n) is 3.32. The van der Waals surface area contributed by atoms with Crippen molar-refractivity contribution in [3.8, 4) is 5.69 Å². The summed E-state index contributed by atoms with van der Waals surface area (Å²) < 4.78 is 3.50. The summed E-state index contributed by atoms with van der Waals surface area (Å²) in [7, 11) is 0. The molecule has 0 amide bonds. The van der Waals surface area contributed by atoms with Crippen molar-refractivity contribution in [2.24, 2.45) is 0 Å². The fourth-order valence-corrected chi connectivity index (χ4v) is 1.52. The molecule has 0 unspecified atom stereocenters.